The second-order valence-corrected chi connectivity index (χ2v) is 4.71. The van der Waals surface area contributed by atoms with Gasteiger partial charge in [0.2, 0.25) is 0 Å². The standard InChI is InChI=1S/C14H21NO/c1-12(2)16-14-8-6-7-13(11-14)15-9-4-3-5-10-15/h6-8,11-12H,3-5,9-10H2,1-2H3. The Bertz CT molecular complexity index is 329. The van der Waals surface area contributed by atoms with Crippen molar-refractivity contribution < 1.29 is 4.74 Å². The quantitative estimate of drug-likeness (QED) is 0.772. The Hall–Kier alpha value is -1.18. The van der Waals surface area contributed by atoms with Gasteiger partial charge in [-0.3, -0.25) is 0 Å². The highest BCUT2D eigenvalue weighted by Gasteiger charge is 2.11. The van der Waals surface area contributed by atoms with E-state index in [0.29, 0.717) is 0 Å². The van der Waals surface area contributed by atoms with Gasteiger partial charge in [-0.25, -0.2) is 0 Å². The molecule has 1 saturated heterocycles. The third-order valence-electron chi connectivity index (χ3n) is 2.91. The summed E-state index contributed by atoms with van der Waals surface area (Å²) in [6.45, 7) is 6.50. The summed E-state index contributed by atoms with van der Waals surface area (Å²) in [6.07, 6.45) is 4.25. The molecular weight excluding hydrogens is 198 g/mol. The van der Waals surface area contributed by atoms with E-state index in [2.05, 4.69) is 36.9 Å². The summed E-state index contributed by atoms with van der Waals surface area (Å²) in [4.78, 5) is 2.46. The molecule has 0 amide bonds. The van der Waals surface area contributed by atoms with Crippen LogP contribution in [0.15, 0.2) is 24.3 Å². The molecule has 1 aromatic rings. The van der Waals surface area contributed by atoms with Crippen LogP contribution in [0.5, 0.6) is 5.75 Å². The van der Waals surface area contributed by atoms with Crippen LogP contribution < -0.4 is 9.64 Å². The zero-order chi connectivity index (χ0) is 11.4. The van der Waals surface area contributed by atoms with Crippen molar-refractivity contribution in [2.75, 3.05) is 18.0 Å². The predicted molar refractivity (Wildman–Crippen MR) is 68.3 cm³/mol. The average Bonchev–Trinajstić information content (AvgIpc) is 2.30. The Kier molecular flexibility index (Phi) is 3.70. The molecule has 0 bridgehead atoms. The third kappa shape index (κ3) is 2.91. The summed E-state index contributed by atoms with van der Waals surface area (Å²) in [7, 11) is 0. The maximum Gasteiger partial charge on any atom is 0.121 e. The lowest BCUT2D eigenvalue weighted by atomic mass is 10.1. The van der Waals surface area contributed by atoms with Crippen molar-refractivity contribution in [2.45, 2.75) is 39.2 Å². The number of rotatable bonds is 3. The van der Waals surface area contributed by atoms with Gasteiger partial charge in [0.05, 0.1) is 6.10 Å². The first-order chi connectivity index (χ1) is 7.75. The van der Waals surface area contributed by atoms with Crippen molar-refractivity contribution in [3.8, 4) is 5.75 Å². The van der Waals surface area contributed by atoms with E-state index in [4.69, 9.17) is 4.74 Å². The van der Waals surface area contributed by atoms with Crippen LogP contribution in [0.4, 0.5) is 5.69 Å². The van der Waals surface area contributed by atoms with Crippen molar-refractivity contribution in [1.82, 2.24) is 0 Å². The first kappa shape index (κ1) is 11.3. The maximum atomic E-state index is 5.72. The minimum Gasteiger partial charge on any atom is -0.491 e. The van der Waals surface area contributed by atoms with E-state index in [1.54, 1.807) is 0 Å². The molecular formula is C14H21NO. The molecule has 88 valence electrons. The Morgan fingerprint density at radius 3 is 2.56 bits per heavy atom. The van der Waals surface area contributed by atoms with Crippen LogP contribution in [0, 0.1) is 0 Å². The second kappa shape index (κ2) is 5.24. The number of hydrogen-bond acceptors (Lipinski definition) is 2. The normalized spacial score (nSPS) is 16.6. The molecule has 1 fully saturated rings. The van der Waals surface area contributed by atoms with Crippen LogP contribution >= 0.6 is 0 Å². The molecule has 0 N–H and O–H groups in total. The fraction of sp³-hybridized carbons (Fsp3) is 0.571. The van der Waals surface area contributed by atoms with Gasteiger partial charge in [0.25, 0.3) is 0 Å². The molecule has 2 heteroatoms. The summed E-state index contributed by atoms with van der Waals surface area (Å²) in [6, 6.07) is 8.46. The van der Waals surface area contributed by atoms with E-state index in [1.165, 1.54) is 38.0 Å². The van der Waals surface area contributed by atoms with E-state index < -0.39 is 0 Å². The second-order valence-electron chi connectivity index (χ2n) is 4.71. The lowest BCUT2D eigenvalue weighted by Gasteiger charge is -2.29. The molecule has 16 heavy (non-hydrogen) atoms. The van der Waals surface area contributed by atoms with E-state index in [9.17, 15) is 0 Å². The summed E-state index contributed by atoms with van der Waals surface area (Å²) < 4.78 is 5.72. The van der Waals surface area contributed by atoms with E-state index >= 15 is 0 Å². The van der Waals surface area contributed by atoms with Gasteiger partial charge in [0, 0.05) is 24.8 Å². The summed E-state index contributed by atoms with van der Waals surface area (Å²) in [5, 5.41) is 0. The first-order valence-corrected chi connectivity index (χ1v) is 6.27. The van der Waals surface area contributed by atoms with Gasteiger partial charge in [0.1, 0.15) is 5.75 Å². The van der Waals surface area contributed by atoms with Crippen molar-refractivity contribution in [3.63, 3.8) is 0 Å². The summed E-state index contributed by atoms with van der Waals surface area (Å²) in [5.74, 6) is 0.984. The Labute approximate surface area is 98.2 Å². The van der Waals surface area contributed by atoms with Gasteiger partial charge < -0.3 is 9.64 Å². The summed E-state index contributed by atoms with van der Waals surface area (Å²) in [5.41, 5.74) is 1.30. The SMILES string of the molecule is CC(C)Oc1cccc(N2CCCCC2)c1. The van der Waals surface area contributed by atoms with Crippen molar-refractivity contribution in [3.05, 3.63) is 24.3 Å². The van der Waals surface area contributed by atoms with Crippen LogP contribution in [0.2, 0.25) is 0 Å². The monoisotopic (exact) mass is 219 g/mol. The van der Waals surface area contributed by atoms with Gasteiger partial charge in [-0.1, -0.05) is 6.07 Å². The molecule has 2 rings (SSSR count). The third-order valence-corrected chi connectivity index (χ3v) is 2.91. The van der Waals surface area contributed by atoms with Gasteiger partial charge in [-0.15, -0.1) is 0 Å². The highest BCUT2D eigenvalue weighted by molar-refractivity contribution is 5.50. The zero-order valence-electron chi connectivity index (χ0n) is 10.3. The molecule has 0 spiro atoms. The number of benzene rings is 1. The Morgan fingerprint density at radius 2 is 1.88 bits per heavy atom. The maximum absolute atomic E-state index is 5.72. The van der Waals surface area contributed by atoms with Crippen LogP contribution in [-0.2, 0) is 0 Å². The number of ether oxygens (including phenoxy) is 1. The van der Waals surface area contributed by atoms with Crippen molar-refractivity contribution in [1.29, 1.82) is 0 Å². The van der Waals surface area contributed by atoms with E-state index in [0.717, 1.165) is 5.75 Å². The molecule has 1 heterocycles. The van der Waals surface area contributed by atoms with Gasteiger partial charge in [0.15, 0.2) is 0 Å². The van der Waals surface area contributed by atoms with Crippen LogP contribution in [0.25, 0.3) is 0 Å². The van der Waals surface area contributed by atoms with Gasteiger partial charge in [-0.2, -0.15) is 0 Å². The molecule has 1 aliphatic heterocycles. The van der Waals surface area contributed by atoms with E-state index in [-0.39, 0.29) is 6.10 Å². The smallest absolute Gasteiger partial charge is 0.121 e. The minimum absolute atomic E-state index is 0.247. The van der Waals surface area contributed by atoms with Crippen LogP contribution in [0.1, 0.15) is 33.1 Å². The fourth-order valence-corrected chi connectivity index (χ4v) is 2.18. The molecule has 0 radical (unpaired) electrons. The van der Waals surface area contributed by atoms with Gasteiger partial charge >= 0.3 is 0 Å². The Morgan fingerprint density at radius 1 is 1.12 bits per heavy atom. The lowest BCUT2D eigenvalue weighted by Crippen LogP contribution is -2.29. The molecule has 0 unspecified atom stereocenters. The highest BCUT2D eigenvalue weighted by atomic mass is 16.5. The number of piperidine rings is 1. The lowest BCUT2D eigenvalue weighted by molar-refractivity contribution is 0.242. The van der Waals surface area contributed by atoms with Crippen LogP contribution in [0.3, 0.4) is 0 Å². The largest absolute Gasteiger partial charge is 0.491 e. The minimum atomic E-state index is 0.247. The predicted octanol–water partition coefficient (Wildman–Crippen LogP) is 3.46. The highest BCUT2D eigenvalue weighted by Crippen LogP contribution is 2.24. The molecule has 0 saturated carbocycles. The van der Waals surface area contributed by atoms with Crippen molar-refractivity contribution in [2.24, 2.45) is 0 Å². The van der Waals surface area contributed by atoms with Crippen molar-refractivity contribution >= 4 is 5.69 Å². The fourth-order valence-electron chi connectivity index (χ4n) is 2.18. The number of nitrogens with zero attached hydrogens (tertiary/aromatic N) is 1. The zero-order valence-corrected chi connectivity index (χ0v) is 10.3. The Balaban J connectivity index is 2.08. The van der Waals surface area contributed by atoms with Crippen LogP contribution in [-0.4, -0.2) is 19.2 Å². The molecule has 0 aliphatic carbocycles. The average molecular weight is 219 g/mol. The molecule has 1 aliphatic rings. The van der Waals surface area contributed by atoms with Gasteiger partial charge in [-0.05, 0) is 45.2 Å². The molecule has 0 aromatic heterocycles. The first-order valence-electron chi connectivity index (χ1n) is 6.27. The number of anilines is 1. The number of hydrogen-bond donors (Lipinski definition) is 0. The topological polar surface area (TPSA) is 12.5 Å². The molecule has 1 aromatic carbocycles. The molecule has 2 nitrogen and oxygen atoms in total. The summed E-state index contributed by atoms with van der Waals surface area (Å²) >= 11 is 0. The van der Waals surface area contributed by atoms with E-state index in [1.807, 2.05) is 6.07 Å². The molecule has 0 atom stereocenters.